The maximum absolute atomic E-state index is 12.3. The summed E-state index contributed by atoms with van der Waals surface area (Å²) < 4.78 is 6.87. The first kappa shape index (κ1) is 17.6. The van der Waals surface area contributed by atoms with Gasteiger partial charge in [-0.2, -0.15) is 0 Å². The molecule has 0 radical (unpaired) electrons. The van der Waals surface area contributed by atoms with Gasteiger partial charge in [-0.25, -0.2) is 14.6 Å². The lowest BCUT2D eigenvalue weighted by Gasteiger charge is -2.06. The minimum Gasteiger partial charge on any atom is -0.462 e. The van der Waals surface area contributed by atoms with Crippen molar-refractivity contribution >= 4 is 28.3 Å². The van der Waals surface area contributed by atoms with Crippen LogP contribution in [0.3, 0.4) is 0 Å². The van der Waals surface area contributed by atoms with Gasteiger partial charge in [0.1, 0.15) is 10.4 Å². The van der Waals surface area contributed by atoms with Crippen LogP contribution in [0.1, 0.15) is 32.6 Å². The SMILES string of the molecule is CCOC(=O)c1sc(NC(=O)c2cn(C)c(=O)n(C)c2=O)nc1C. The van der Waals surface area contributed by atoms with Crippen LogP contribution >= 0.6 is 11.3 Å². The van der Waals surface area contributed by atoms with Gasteiger partial charge >= 0.3 is 11.7 Å². The molecule has 0 fully saturated rings. The van der Waals surface area contributed by atoms with Crippen LogP contribution in [0.2, 0.25) is 0 Å². The molecule has 128 valence electrons. The van der Waals surface area contributed by atoms with Crippen LogP contribution < -0.4 is 16.6 Å². The number of nitrogens with one attached hydrogen (secondary N) is 1. The molecule has 0 aliphatic rings. The van der Waals surface area contributed by atoms with E-state index in [-0.39, 0.29) is 22.2 Å². The summed E-state index contributed by atoms with van der Waals surface area (Å²) in [6, 6.07) is 0. The Labute approximate surface area is 140 Å². The number of rotatable bonds is 4. The predicted molar refractivity (Wildman–Crippen MR) is 87.7 cm³/mol. The topological polar surface area (TPSA) is 112 Å². The van der Waals surface area contributed by atoms with Gasteiger partial charge < -0.3 is 9.30 Å². The van der Waals surface area contributed by atoms with Gasteiger partial charge in [0.2, 0.25) is 0 Å². The van der Waals surface area contributed by atoms with E-state index >= 15 is 0 Å². The van der Waals surface area contributed by atoms with Gasteiger partial charge in [-0.05, 0) is 13.8 Å². The molecule has 2 heterocycles. The Bertz CT molecular complexity index is 924. The van der Waals surface area contributed by atoms with E-state index in [2.05, 4.69) is 10.3 Å². The van der Waals surface area contributed by atoms with Gasteiger partial charge in [0.05, 0.1) is 12.3 Å². The number of hydrogen-bond acceptors (Lipinski definition) is 7. The first-order valence-corrected chi connectivity index (χ1v) is 7.80. The zero-order valence-electron chi connectivity index (χ0n) is 13.6. The Morgan fingerprint density at radius 1 is 1.33 bits per heavy atom. The highest BCUT2D eigenvalue weighted by molar-refractivity contribution is 7.17. The van der Waals surface area contributed by atoms with E-state index in [0.717, 1.165) is 26.7 Å². The molecule has 2 aromatic rings. The summed E-state index contributed by atoms with van der Waals surface area (Å²) in [6.45, 7) is 3.53. The fraction of sp³-hybridized carbons (Fsp3) is 0.357. The number of nitrogens with zero attached hydrogens (tertiary/aromatic N) is 3. The Kier molecular flexibility index (Phi) is 4.98. The van der Waals surface area contributed by atoms with Crippen molar-refractivity contribution in [3.8, 4) is 0 Å². The highest BCUT2D eigenvalue weighted by atomic mass is 32.1. The van der Waals surface area contributed by atoms with Crippen molar-refractivity contribution in [2.24, 2.45) is 14.1 Å². The third-order valence-electron chi connectivity index (χ3n) is 3.17. The van der Waals surface area contributed by atoms with Crippen LogP contribution in [0.25, 0.3) is 0 Å². The van der Waals surface area contributed by atoms with E-state index in [4.69, 9.17) is 4.74 Å². The van der Waals surface area contributed by atoms with E-state index in [1.54, 1.807) is 13.8 Å². The molecule has 0 saturated heterocycles. The van der Waals surface area contributed by atoms with Crippen LogP contribution in [-0.4, -0.2) is 32.6 Å². The van der Waals surface area contributed by atoms with Crippen LogP contribution in [0, 0.1) is 6.92 Å². The fourth-order valence-electron chi connectivity index (χ4n) is 1.96. The normalized spacial score (nSPS) is 10.5. The minimum absolute atomic E-state index is 0.163. The number of thiazole rings is 1. The second-order valence-corrected chi connectivity index (χ2v) is 5.91. The van der Waals surface area contributed by atoms with Gasteiger partial charge in [-0.15, -0.1) is 0 Å². The number of hydrogen-bond donors (Lipinski definition) is 1. The molecule has 0 saturated carbocycles. The second kappa shape index (κ2) is 6.79. The largest absolute Gasteiger partial charge is 0.462 e. The molecule has 24 heavy (non-hydrogen) atoms. The third kappa shape index (κ3) is 3.27. The summed E-state index contributed by atoms with van der Waals surface area (Å²) >= 11 is 0.953. The molecule has 0 aromatic carbocycles. The van der Waals surface area contributed by atoms with Crippen LogP contribution in [-0.2, 0) is 18.8 Å². The van der Waals surface area contributed by atoms with Crippen molar-refractivity contribution in [3.63, 3.8) is 0 Å². The maximum atomic E-state index is 12.3. The summed E-state index contributed by atoms with van der Waals surface area (Å²) in [7, 11) is 2.72. The van der Waals surface area contributed by atoms with Gasteiger partial charge in [0.15, 0.2) is 5.13 Å². The van der Waals surface area contributed by atoms with Crippen molar-refractivity contribution in [1.29, 1.82) is 0 Å². The Morgan fingerprint density at radius 2 is 2.00 bits per heavy atom. The summed E-state index contributed by atoms with van der Waals surface area (Å²) in [5, 5.41) is 2.63. The van der Waals surface area contributed by atoms with Crippen LogP contribution in [0.4, 0.5) is 5.13 Å². The lowest BCUT2D eigenvalue weighted by Crippen LogP contribution is -2.40. The number of esters is 1. The maximum Gasteiger partial charge on any atom is 0.350 e. The molecule has 0 aliphatic heterocycles. The predicted octanol–water partition coefficient (Wildman–Crippen LogP) is 0.278. The monoisotopic (exact) mass is 352 g/mol. The lowest BCUT2D eigenvalue weighted by molar-refractivity contribution is 0.0531. The molecule has 2 rings (SSSR count). The lowest BCUT2D eigenvalue weighted by atomic mass is 10.3. The Hall–Kier alpha value is -2.75. The molecule has 0 unspecified atom stereocenters. The van der Waals surface area contributed by atoms with Crippen molar-refractivity contribution in [1.82, 2.24) is 14.1 Å². The van der Waals surface area contributed by atoms with E-state index in [1.807, 2.05) is 0 Å². The Morgan fingerprint density at radius 3 is 2.62 bits per heavy atom. The molecule has 1 amide bonds. The standard InChI is InChI=1S/C14H16N4O5S/c1-5-23-12(21)9-7(2)15-13(24-9)16-10(19)8-6-17(3)14(22)18(4)11(8)20/h6H,5H2,1-4H3,(H,15,16,19). The van der Waals surface area contributed by atoms with E-state index in [9.17, 15) is 19.2 Å². The molecule has 0 spiro atoms. The quantitative estimate of drug-likeness (QED) is 0.791. The number of aryl methyl sites for hydroxylation is 2. The first-order chi connectivity index (χ1) is 11.3. The minimum atomic E-state index is -0.713. The number of ether oxygens (including phenoxy) is 1. The zero-order valence-corrected chi connectivity index (χ0v) is 14.4. The number of carbonyl (C=O) groups excluding carboxylic acids is 2. The van der Waals surface area contributed by atoms with E-state index in [1.165, 1.54) is 14.1 Å². The van der Waals surface area contributed by atoms with Gasteiger partial charge in [0.25, 0.3) is 11.5 Å². The summed E-state index contributed by atoms with van der Waals surface area (Å²) in [5.74, 6) is -1.23. The third-order valence-corrected chi connectivity index (χ3v) is 4.22. The first-order valence-electron chi connectivity index (χ1n) is 6.98. The molecule has 2 aromatic heterocycles. The molecule has 1 N–H and O–H groups in total. The summed E-state index contributed by atoms with van der Waals surface area (Å²) in [5.41, 5.74) is -1.03. The summed E-state index contributed by atoms with van der Waals surface area (Å²) in [4.78, 5) is 52.1. The molecule has 0 bridgehead atoms. The van der Waals surface area contributed by atoms with Crippen molar-refractivity contribution in [2.45, 2.75) is 13.8 Å². The number of carbonyl (C=O) groups is 2. The number of anilines is 1. The number of aromatic nitrogens is 3. The van der Waals surface area contributed by atoms with Crippen molar-refractivity contribution in [3.05, 3.63) is 43.2 Å². The molecule has 9 nitrogen and oxygen atoms in total. The van der Waals surface area contributed by atoms with Gasteiger partial charge in [0, 0.05) is 20.3 Å². The van der Waals surface area contributed by atoms with Gasteiger partial charge in [-0.1, -0.05) is 11.3 Å². The molecule has 0 aliphatic carbocycles. The van der Waals surface area contributed by atoms with Crippen LogP contribution in [0.5, 0.6) is 0 Å². The van der Waals surface area contributed by atoms with Crippen molar-refractivity contribution in [2.75, 3.05) is 11.9 Å². The fourth-order valence-corrected chi connectivity index (χ4v) is 2.82. The Balaban J connectivity index is 2.32. The van der Waals surface area contributed by atoms with Gasteiger partial charge in [-0.3, -0.25) is 19.5 Å². The van der Waals surface area contributed by atoms with Crippen LogP contribution in [0.15, 0.2) is 15.8 Å². The molecular formula is C14H16N4O5S. The highest BCUT2D eigenvalue weighted by Crippen LogP contribution is 2.23. The highest BCUT2D eigenvalue weighted by Gasteiger charge is 2.20. The smallest absolute Gasteiger partial charge is 0.350 e. The second-order valence-electron chi connectivity index (χ2n) is 4.91. The molecular weight excluding hydrogens is 336 g/mol. The average Bonchev–Trinajstić information content (AvgIpc) is 2.89. The number of amides is 1. The molecule has 0 atom stereocenters. The van der Waals surface area contributed by atoms with Crippen molar-refractivity contribution < 1.29 is 14.3 Å². The summed E-state index contributed by atoms with van der Waals surface area (Å²) in [6.07, 6.45) is 1.16. The molecule has 10 heteroatoms. The average molecular weight is 352 g/mol. The van der Waals surface area contributed by atoms with E-state index in [0.29, 0.717) is 5.69 Å². The van der Waals surface area contributed by atoms with E-state index < -0.39 is 23.1 Å². The zero-order chi connectivity index (χ0) is 18.0.